The molecule has 6 nitrogen and oxygen atoms in total. The Balaban J connectivity index is 2.24. The van der Waals surface area contributed by atoms with Gasteiger partial charge in [-0.25, -0.2) is 14.8 Å². The number of ether oxygens (including phenoxy) is 1. The smallest absolute Gasteiger partial charge is 0.339 e. The van der Waals surface area contributed by atoms with Gasteiger partial charge in [-0.2, -0.15) is 0 Å². The third-order valence-electron chi connectivity index (χ3n) is 2.70. The van der Waals surface area contributed by atoms with Gasteiger partial charge in [-0.15, -0.1) is 0 Å². The predicted octanol–water partition coefficient (Wildman–Crippen LogP) is 2.83. The van der Waals surface area contributed by atoms with Crippen LogP contribution in [-0.4, -0.2) is 29.1 Å². The molecule has 6 heteroatoms. The van der Waals surface area contributed by atoms with E-state index in [2.05, 4.69) is 20.6 Å². The molecule has 0 amide bonds. The molecule has 0 saturated heterocycles. The Kier molecular flexibility index (Phi) is 4.71. The molecule has 21 heavy (non-hydrogen) atoms. The van der Waals surface area contributed by atoms with Crippen molar-refractivity contribution in [1.82, 2.24) is 9.97 Å². The number of hydrogen-bond donors (Lipinski definition) is 2. The van der Waals surface area contributed by atoms with Crippen molar-refractivity contribution in [3.05, 3.63) is 42.2 Å². The molecule has 0 saturated carbocycles. The highest BCUT2D eigenvalue weighted by atomic mass is 16.5. The highest BCUT2D eigenvalue weighted by Gasteiger charge is 2.11. The first-order chi connectivity index (χ1) is 10.1. The van der Waals surface area contributed by atoms with Crippen LogP contribution in [0.3, 0.4) is 0 Å². The molecule has 0 atom stereocenters. The first kappa shape index (κ1) is 14.8. The fraction of sp³-hybridized carbons (Fsp3) is 0.267. The standard InChI is InChI=1S/C15H18N4O2/c1-10(2)18-13-8-14(17-9-16-13)19-12-7-5-4-6-11(12)15(20)21-3/h4-10H,1-3H3,(H2,16,17,18,19). The number of anilines is 3. The molecule has 0 fully saturated rings. The molecular formula is C15H18N4O2. The molecule has 1 aromatic carbocycles. The van der Waals surface area contributed by atoms with E-state index in [1.54, 1.807) is 24.3 Å². The summed E-state index contributed by atoms with van der Waals surface area (Å²) in [5.74, 6) is 0.926. The molecule has 0 aliphatic heterocycles. The topological polar surface area (TPSA) is 76.1 Å². The first-order valence-electron chi connectivity index (χ1n) is 6.63. The number of hydrogen-bond acceptors (Lipinski definition) is 6. The summed E-state index contributed by atoms with van der Waals surface area (Å²) in [5, 5.41) is 6.31. The SMILES string of the molecule is COC(=O)c1ccccc1Nc1cc(NC(C)C)ncn1. The summed E-state index contributed by atoms with van der Waals surface area (Å²) < 4.78 is 4.77. The van der Waals surface area contributed by atoms with Crippen molar-refractivity contribution in [3.8, 4) is 0 Å². The lowest BCUT2D eigenvalue weighted by molar-refractivity contribution is 0.0602. The van der Waals surface area contributed by atoms with Crippen molar-refractivity contribution in [2.24, 2.45) is 0 Å². The number of methoxy groups -OCH3 is 1. The average Bonchev–Trinajstić information content (AvgIpc) is 2.47. The van der Waals surface area contributed by atoms with Gasteiger partial charge in [0, 0.05) is 12.1 Å². The summed E-state index contributed by atoms with van der Waals surface area (Å²) in [6, 6.07) is 9.17. The molecule has 1 heterocycles. The van der Waals surface area contributed by atoms with E-state index in [4.69, 9.17) is 4.74 Å². The number of nitrogens with zero attached hydrogens (tertiary/aromatic N) is 2. The van der Waals surface area contributed by atoms with Crippen molar-refractivity contribution in [2.45, 2.75) is 19.9 Å². The molecule has 0 aliphatic carbocycles. The molecule has 2 rings (SSSR count). The Morgan fingerprint density at radius 1 is 1.19 bits per heavy atom. The van der Waals surface area contributed by atoms with E-state index in [1.807, 2.05) is 19.9 Å². The number of benzene rings is 1. The summed E-state index contributed by atoms with van der Waals surface area (Å²) in [7, 11) is 1.36. The zero-order valence-corrected chi connectivity index (χ0v) is 12.3. The van der Waals surface area contributed by atoms with Crippen LogP contribution in [0.15, 0.2) is 36.7 Å². The maximum absolute atomic E-state index is 11.7. The molecule has 0 unspecified atom stereocenters. The van der Waals surface area contributed by atoms with Gasteiger partial charge in [0.2, 0.25) is 0 Å². The fourth-order valence-electron chi connectivity index (χ4n) is 1.82. The summed E-state index contributed by atoms with van der Waals surface area (Å²) in [6.45, 7) is 4.06. The lowest BCUT2D eigenvalue weighted by Gasteiger charge is -2.12. The molecular weight excluding hydrogens is 268 g/mol. The van der Waals surface area contributed by atoms with Gasteiger partial charge in [0.25, 0.3) is 0 Å². The Morgan fingerprint density at radius 2 is 1.90 bits per heavy atom. The molecule has 1 aromatic heterocycles. The van der Waals surface area contributed by atoms with E-state index in [-0.39, 0.29) is 6.04 Å². The largest absolute Gasteiger partial charge is 0.465 e. The second-order valence-corrected chi connectivity index (χ2v) is 4.75. The zero-order valence-electron chi connectivity index (χ0n) is 12.3. The zero-order chi connectivity index (χ0) is 15.2. The number of para-hydroxylation sites is 1. The van der Waals surface area contributed by atoms with Crippen LogP contribution < -0.4 is 10.6 Å². The van der Waals surface area contributed by atoms with Gasteiger partial charge in [0.05, 0.1) is 18.4 Å². The van der Waals surface area contributed by atoms with Gasteiger partial charge in [0.1, 0.15) is 18.0 Å². The molecule has 2 N–H and O–H groups in total. The second kappa shape index (κ2) is 6.69. The van der Waals surface area contributed by atoms with Crippen molar-refractivity contribution in [1.29, 1.82) is 0 Å². The number of carbonyl (C=O) groups is 1. The van der Waals surface area contributed by atoms with Crippen LogP contribution in [0.25, 0.3) is 0 Å². The monoisotopic (exact) mass is 286 g/mol. The Labute approximate surface area is 123 Å². The molecule has 2 aromatic rings. The highest BCUT2D eigenvalue weighted by Crippen LogP contribution is 2.21. The number of aromatic nitrogens is 2. The van der Waals surface area contributed by atoms with Crippen molar-refractivity contribution >= 4 is 23.3 Å². The third-order valence-corrected chi connectivity index (χ3v) is 2.70. The lowest BCUT2D eigenvalue weighted by Crippen LogP contribution is -2.11. The minimum Gasteiger partial charge on any atom is -0.465 e. The molecule has 0 radical (unpaired) electrons. The van der Waals surface area contributed by atoms with E-state index >= 15 is 0 Å². The molecule has 0 spiro atoms. The molecule has 0 aliphatic rings. The van der Waals surface area contributed by atoms with Crippen LogP contribution in [0.5, 0.6) is 0 Å². The first-order valence-corrected chi connectivity index (χ1v) is 6.63. The van der Waals surface area contributed by atoms with E-state index < -0.39 is 5.97 Å². The number of esters is 1. The van der Waals surface area contributed by atoms with Crippen LogP contribution in [0.2, 0.25) is 0 Å². The van der Waals surface area contributed by atoms with Gasteiger partial charge in [-0.1, -0.05) is 12.1 Å². The van der Waals surface area contributed by atoms with Crippen molar-refractivity contribution in [3.63, 3.8) is 0 Å². The van der Waals surface area contributed by atoms with E-state index in [0.717, 1.165) is 5.82 Å². The summed E-state index contributed by atoms with van der Waals surface area (Å²) in [5.41, 5.74) is 1.09. The van der Waals surface area contributed by atoms with Gasteiger partial charge in [-0.05, 0) is 26.0 Å². The quantitative estimate of drug-likeness (QED) is 0.823. The maximum Gasteiger partial charge on any atom is 0.339 e. The lowest BCUT2D eigenvalue weighted by atomic mass is 10.2. The van der Waals surface area contributed by atoms with Crippen molar-refractivity contribution < 1.29 is 9.53 Å². The van der Waals surface area contributed by atoms with Crippen LogP contribution in [0.1, 0.15) is 24.2 Å². The predicted molar refractivity (Wildman–Crippen MR) is 81.9 cm³/mol. The van der Waals surface area contributed by atoms with Crippen LogP contribution in [0.4, 0.5) is 17.3 Å². The Hall–Kier alpha value is -2.63. The fourth-order valence-corrected chi connectivity index (χ4v) is 1.82. The van der Waals surface area contributed by atoms with E-state index in [1.165, 1.54) is 13.4 Å². The van der Waals surface area contributed by atoms with Crippen LogP contribution in [-0.2, 0) is 4.74 Å². The van der Waals surface area contributed by atoms with E-state index in [9.17, 15) is 4.79 Å². The van der Waals surface area contributed by atoms with Crippen LogP contribution in [0, 0.1) is 0 Å². The van der Waals surface area contributed by atoms with Gasteiger partial charge in [-0.3, -0.25) is 0 Å². The number of nitrogens with one attached hydrogen (secondary N) is 2. The Morgan fingerprint density at radius 3 is 2.62 bits per heavy atom. The second-order valence-electron chi connectivity index (χ2n) is 4.75. The van der Waals surface area contributed by atoms with E-state index in [0.29, 0.717) is 17.1 Å². The van der Waals surface area contributed by atoms with Gasteiger partial charge in [0.15, 0.2) is 0 Å². The van der Waals surface area contributed by atoms with Gasteiger partial charge < -0.3 is 15.4 Å². The minimum absolute atomic E-state index is 0.273. The number of rotatable bonds is 5. The van der Waals surface area contributed by atoms with Crippen LogP contribution >= 0.6 is 0 Å². The third kappa shape index (κ3) is 3.92. The summed E-state index contributed by atoms with van der Waals surface area (Å²) in [4.78, 5) is 20.0. The summed E-state index contributed by atoms with van der Waals surface area (Å²) >= 11 is 0. The normalized spacial score (nSPS) is 10.3. The average molecular weight is 286 g/mol. The molecule has 0 bridgehead atoms. The van der Waals surface area contributed by atoms with Crippen molar-refractivity contribution in [2.75, 3.05) is 17.7 Å². The Bertz CT molecular complexity index is 629. The number of carbonyl (C=O) groups excluding carboxylic acids is 1. The highest BCUT2D eigenvalue weighted by molar-refractivity contribution is 5.96. The summed E-state index contributed by atoms with van der Waals surface area (Å²) in [6.07, 6.45) is 1.47. The molecule has 110 valence electrons. The minimum atomic E-state index is -0.396. The van der Waals surface area contributed by atoms with Gasteiger partial charge >= 0.3 is 5.97 Å². The maximum atomic E-state index is 11.7.